The molecule has 0 bridgehead atoms. The van der Waals surface area contributed by atoms with Crippen molar-refractivity contribution in [1.82, 2.24) is 19.8 Å². The van der Waals surface area contributed by atoms with E-state index in [0.29, 0.717) is 32.2 Å². The highest BCUT2D eigenvalue weighted by Crippen LogP contribution is 2.19. The predicted octanol–water partition coefficient (Wildman–Crippen LogP) is 2.58. The summed E-state index contributed by atoms with van der Waals surface area (Å²) in [6.45, 7) is 2.84. The molecule has 2 heterocycles. The molecule has 3 atom stereocenters. The molecule has 2 aliphatic heterocycles. The van der Waals surface area contributed by atoms with Gasteiger partial charge in [0.25, 0.3) is 0 Å². The number of unbranched alkanes of at least 4 members (excludes halogenated alkanes) is 7. The molecule has 1 aromatic rings. The van der Waals surface area contributed by atoms with Gasteiger partial charge >= 0.3 is 5.97 Å². The van der Waals surface area contributed by atoms with Crippen LogP contribution in [-0.2, 0) is 30.1 Å². The van der Waals surface area contributed by atoms with E-state index in [4.69, 9.17) is 15.9 Å². The van der Waals surface area contributed by atoms with Crippen molar-refractivity contribution in [2.24, 2.45) is 5.73 Å². The number of hydrogen-bond acceptors (Lipinski definition) is 8. The summed E-state index contributed by atoms with van der Waals surface area (Å²) < 4.78 is 34.5. The van der Waals surface area contributed by atoms with Gasteiger partial charge in [-0.1, -0.05) is 70.1 Å². The first-order chi connectivity index (χ1) is 22.0. The Labute approximate surface area is 273 Å². The maximum absolute atomic E-state index is 13.4. The van der Waals surface area contributed by atoms with Crippen molar-refractivity contribution in [2.45, 2.75) is 114 Å². The molecule has 13 nitrogen and oxygen atoms in total. The molecule has 0 saturated carbocycles. The normalized spacial score (nSPS) is 20.7. The van der Waals surface area contributed by atoms with Gasteiger partial charge in [-0.25, -0.2) is 17.9 Å². The van der Waals surface area contributed by atoms with Crippen LogP contribution in [0.25, 0.3) is 0 Å². The number of guanidine groups is 1. The number of carbonyl (C=O) groups is 3. The van der Waals surface area contributed by atoms with Gasteiger partial charge in [-0.05, 0) is 50.2 Å². The minimum absolute atomic E-state index is 0.172. The van der Waals surface area contributed by atoms with Gasteiger partial charge in [-0.2, -0.15) is 0 Å². The molecule has 0 spiro atoms. The van der Waals surface area contributed by atoms with Crippen molar-refractivity contribution >= 4 is 33.8 Å². The first kappa shape index (κ1) is 37.2. The zero-order chi connectivity index (χ0) is 33.5. The van der Waals surface area contributed by atoms with Crippen molar-refractivity contribution in [1.29, 1.82) is 5.41 Å². The second kappa shape index (κ2) is 18.8. The van der Waals surface area contributed by atoms with Crippen LogP contribution < -0.4 is 15.8 Å². The zero-order valence-corrected chi connectivity index (χ0v) is 27.9. The number of carbonyl (C=O) groups excluding carboxylic acids is 3. The van der Waals surface area contributed by atoms with Crippen molar-refractivity contribution < 1.29 is 32.6 Å². The highest BCUT2D eigenvalue weighted by molar-refractivity contribution is 7.88. The highest BCUT2D eigenvalue weighted by atomic mass is 32.2. The standard InChI is InChI=1S/C32H52N6O7S/c1-2-3-4-5-6-7-8-13-21-45-31(42)25-16-10-9-15-24(25)23-46(43,44)36-27-17-11-12-19-37(29(27)40)22-28(39)35-26-18-14-20-38(30(26)41)32(33)34/h9-10,15-16,26-27,30,36,41H,2-8,11-14,17-23H2,1H3,(H3,33,34)(H,35,39)/t26-,27-,30?/m0/s1. The van der Waals surface area contributed by atoms with Gasteiger partial charge < -0.3 is 30.7 Å². The summed E-state index contributed by atoms with van der Waals surface area (Å²) >= 11 is 0. The topological polar surface area (TPSA) is 195 Å². The number of nitrogens with one attached hydrogen (secondary N) is 3. The van der Waals surface area contributed by atoms with E-state index in [1.165, 1.54) is 48.0 Å². The maximum Gasteiger partial charge on any atom is 0.338 e. The van der Waals surface area contributed by atoms with E-state index in [2.05, 4.69) is 17.0 Å². The molecule has 0 aliphatic carbocycles. The van der Waals surface area contributed by atoms with Crippen LogP contribution in [0.3, 0.4) is 0 Å². The molecule has 2 aliphatic rings. The quantitative estimate of drug-likeness (QED) is 0.0720. The summed E-state index contributed by atoms with van der Waals surface area (Å²) in [6.07, 6.45) is 10.3. The lowest BCUT2D eigenvalue weighted by Crippen LogP contribution is -2.59. The van der Waals surface area contributed by atoms with E-state index >= 15 is 0 Å². The fourth-order valence-electron chi connectivity index (χ4n) is 5.97. The first-order valence-electron chi connectivity index (χ1n) is 16.6. The molecule has 2 fully saturated rings. The van der Waals surface area contributed by atoms with E-state index in [1.54, 1.807) is 18.2 Å². The third-order valence-corrected chi connectivity index (χ3v) is 9.83. The fraction of sp³-hybridized carbons (Fsp3) is 0.688. The summed E-state index contributed by atoms with van der Waals surface area (Å²) in [4.78, 5) is 41.7. The van der Waals surface area contributed by atoms with Gasteiger partial charge in [0.15, 0.2) is 5.96 Å². The number of aliphatic hydroxyl groups is 1. The largest absolute Gasteiger partial charge is 0.462 e. The van der Waals surface area contributed by atoms with Crippen molar-refractivity contribution in [3.63, 3.8) is 0 Å². The number of aliphatic hydroxyl groups excluding tert-OH is 1. The molecule has 0 radical (unpaired) electrons. The van der Waals surface area contributed by atoms with Crippen LogP contribution >= 0.6 is 0 Å². The molecule has 2 amide bonds. The van der Waals surface area contributed by atoms with Crippen molar-refractivity contribution in [3.8, 4) is 0 Å². The molecule has 46 heavy (non-hydrogen) atoms. The van der Waals surface area contributed by atoms with Crippen LogP contribution in [0, 0.1) is 5.41 Å². The van der Waals surface area contributed by atoms with Crippen LogP contribution in [-0.4, -0.2) is 91.6 Å². The number of hydrogen-bond donors (Lipinski definition) is 5. The van der Waals surface area contributed by atoms with Crippen LogP contribution in [0.15, 0.2) is 24.3 Å². The molecule has 258 valence electrons. The average molecular weight is 665 g/mol. The molecule has 1 aromatic carbocycles. The number of esters is 1. The highest BCUT2D eigenvalue weighted by Gasteiger charge is 2.34. The molecule has 3 rings (SSSR count). The van der Waals surface area contributed by atoms with Crippen molar-refractivity contribution in [3.05, 3.63) is 35.4 Å². The van der Waals surface area contributed by atoms with E-state index < -0.39 is 51.9 Å². The Kier molecular flexibility index (Phi) is 15.2. The van der Waals surface area contributed by atoms with Gasteiger partial charge in [0.2, 0.25) is 21.8 Å². The molecular formula is C32H52N6O7S. The molecule has 2 saturated heterocycles. The number of likely N-dealkylation sites (tertiary alicyclic amines) is 2. The summed E-state index contributed by atoms with van der Waals surface area (Å²) in [5.41, 5.74) is 5.97. The lowest BCUT2D eigenvalue weighted by atomic mass is 10.0. The van der Waals surface area contributed by atoms with E-state index in [9.17, 15) is 27.9 Å². The SMILES string of the molecule is CCCCCCCCCCOC(=O)c1ccccc1CS(=O)(=O)N[C@H]1CCCCN(CC(=O)N[C@H]2CCCN(C(=N)N)C2O)C1=O. The van der Waals surface area contributed by atoms with Gasteiger partial charge in [0.1, 0.15) is 12.3 Å². The molecule has 0 aromatic heterocycles. The van der Waals surface area contributed by atoms with Crippen LogP contribution in [0.5, 0.6) is 0 Å². The molecule has 6 N–H and O–H groups in total. The Balaban J connectivity index is 1.53. The molecular weight excluding hydrogens is 612 g/mol. The van der Waals surface area contributed by atoms with Gasteiger partial charge in [0.05, 0.1) is 30.5 Å². The Morgan fingerprint density at radius 2 is 1.72 bits per heavy atom. The summed E-state index contributed by atoms with van der Waals surface area (Å²) in [7, 11) is -4.05. The number of nitrogens with two attached hydrogens (primary N) is 1. The Morgan fingerprint density at radius 1 is 1.02 bits per heavy atom. The van der Waals surface area contributed by atoms with Crippen LogP contribution in [0.4, 0.5) is 0 Å². The Hall–Kier alpha value is -3.23. The predicted molar refractivity (Wildman–Crippen MR) is 175 cm³/mol. The zero-order valence-electron chi connectivity index (χ0n) is 27.0. The summed E-state index contributed by atoms with van der Waals surface area (Å²) in [5.74, 6) is -2.38. The van der Waals surface area contributed by atoms with E-state index in [1.807, 2.05) is 0 Å². The van der Waals surface area contributed by atoms with E-state index in [-0.39, 0.29) is 43.2 Å². The number of ether oxygens (including phenoxy) is 1. The first-order valence-corrected chi connectivity index (χ1v) is 18.3. The molecule has 14 heteroatoms. The second-order valence-electron chi connectivity index (χ2n) is 12.3. The smallest absolute Gasteiger partial charge is 0.338 e. The van der Waals surface area contributed by atoms with Crippen LogP contribution in [0.1, 0.15) is 106 Å². The number of rotatable bonds is 17. The summed E-state index contributed by atoms with van der Waals surface area (Å²) in [6, 6.07) is 4.68. The van der Waals surface area contributed by atoms with Crippen molar-refractivity contribution in [2.75, 3.05) is 26.2 Å². The third kappa shape index (κ3) is 11.8. The Morgan fingerprint density at radius 3 is 2.43 bits per heavy atom. The monoisotopic (exact) mass is 664 g/mol. The van der Waals surface area contributed by atoms with Gasteiger partial charge in [-0.3, -0.25) is 15.0 Å². The maximum atomic E-state index is 13.4. The molecule has 1 unspecified atom stereocenters. The number of nitrogens with zero attached hydrogens (tertiary/aromatic N) is 2. The number of sulfonamides is 1. The number of piperidine rings is 1. The van der Waals surface area contributed by atoms with Crippen LogP contribution in [0.2, 0.25) is 0 Å². The van der Waals surface area contributed by atoms with Gasteiger partial charge in [0, 0.05) is 13.1 Å². The number of amides is 2. The Bertz CT molecular complexity index is 1280. The van der Waals surface area contributed by atoms with Gasteiger partial charge in [-0.15, -0.1) is 0 Å². The lowest BCUT2D eigenvalue weighted by molar-refractivity contribution is -0.137. The number of benzene rings is 1. The second-order valence-corrected chi connectivity index (χ2v) is 14.0. The lowest BCUT2D eigenvalue weighted by Gasteiger charge is -2.38. The van der Waals surface area contributed by atoms with E-state index in [0.717, 1.165) is 19.3 Å². The minimum atomic E-state index is -4.05. The minimum Gasteiger partial charge on any atom is -0.462 e. The fourth-order valence-corrected chi connectivity index (χ4v) is 7.37. The third-order valence-electron chi connectivity index (χ3n) is 8.50. The summed E-state index contributed by atoms with van der Waals surface area (Å²) in [5, 5.41) is 20.8. The average Bonchev–Trinajstić information content (AvgIpc) is 3.17.